The van der Waals surface area contributed by atoms with Crippen molar-refractivity contribution in [3.05, 3.63) is 54.1 Å². The van der Waals surface area contributed by atoms with Gasteiger partial charge in [-0.1, -0.05) is 13.5 Å². The zero-order valence-corrected chi connectivity index (χ0v) is 17.4. The second-order valence-electron chi connectivity index (χ2n) is 6.27. The van der Waals surface area contributed by atoms with Crippen LogP contribution in [-0.2, 0) is 6.42 Å². The number of phenols is 2. The van der Waals surface area contributed by atoms with Crippen LogP contribution in [0.3, 0.4) is 0 Å². The first kappa shape index (κ1) is 21.5. The number of anilines is 2. The molecule has 0 aliphatic carbocycles. The van der Waals surface area contributed by atoms with E-state index in [-0.39, 0.29) is 16.6 Å². The van der Waals surface area contributed by atoms with Crippen molar-refractivity contribution < 1.29 is 10.2 Å². The highest BCUT2D eigenvalue weighted by Crippen LogP contribution is 2.35. The first-order chi connectivity index (χ1) is 13.4. The number of nitrogens with two attached hydrogens (primary N) is 1. The molecule has 5 N–H and O–H groups in total. The van der Waals surface area contributed by atoms with Crippen LogP contribution in [0.2, 0.25) is 0 Å². The fraction of sp³-hybridized carbons (Fsp3) is 0.286. The van der Waals surface area contributed by atoms with Crippen LogP contribution in [0.15, 0.2) is 43.0 Å². The molecule has 7 heteroatoms. The second-order valence-corrected chi connectivity index (χ2v) is 6.66. The van der Waals surface area contributed by atoms with Gasteiger partial charge in [-0.3, -0.25) is 4.90 Å². The molecule has 0 amide bonds. The quantitative estimate of drug-likeness (QED) is 0.320. The average Bonchev–Trinajstić information content (AvgIpc) is 2.70. The third-order valence-electron chi connectivity index (χ3n) is 4.72. The van der Waals surface area contributed by atoms with E-state index in [0.29, 0.717) is 23.2 Å². The van der Waals surface area contributed by atoms with Crippen molar-refractivity contribution in [2.75, 3.05) is 22.9 Å². The van der Waals surface area contributed by atoms with Crippen molar-refractivity contribution in [1.29, 1.82) is 0 Å². The van der Waals surface area contributed by atoms with E-state index in [4.69, 9.17) is 18.1 Å². The molecule has 2 aromatic rings. The van der Waals surface area contributed by atoms with Gasteiger partial charge < -0.3 is 20.5 Å². The number of aryl methyl sites for hydroxylation is 1. The molecular formula is C21H28N4O2S. The number of aromatic hydroxyl groups is 2. The molecule has 6 nitrogen and oxygen atoms in total. The zero-order chi connectivity index (χ0) is 20.8. The molecule has 0 unspecified atom stereocenters. The van der Waals surface area contributed by atoms with Gasteiger partial charge in [0.25, 0.3) is 0 Å². The molecule has 0 aliphatic heterocycles. The first-order valence-electron chi connectivity index (χ1n) is 9.27. The minimum Gasteiger partial charge on any atom is -0.508 e. The summed E-state index contributed by atoms with van der Waals surface area (Å²) in [4.78, 5) is 3.90. The molecule has 28 heavy (non-hydrogen) atoms. The topological polar surface area (TPSA) is 85.0 Å². The fourth-order valence-corrected chi connectivity index (χ4v) is 3.33. The second kappa shape index (κ2) is 9.43. The minimum absolute atomic E-state index is 0.0474. The third-order valence-corrected chi connectivity index (χ3v) is 5.02. The Morgan fingerprint density at radius 2 is 1.61 bits per heavy atom. The Morgan fingerprint density at radius 1 is 1.04 bits per heavy atom. The SMILES string of the molecule is C=C(c1cc(CC)c(O)cc1O)N(C(=S)NN)c1ccc(N(CC)CC)cc1. The summed E-state index contributed by atoms with van der Waals surface area (Å²) in [6.45, 7) is 12.1. The summed E-state index contributed by atoms with van der Waals surface area (Å²) in [7, 11) is 0. The summed E-state index contributed by atoms with van der Waals surface area (Å²) in [6, 6.07) is 10.9. The Kier molecular flexibility index (Phi) is 7.25. The average molecular weight is 401 g/mol. The number of hydrogen-bond donors (Lipinski definition) is 4. The lowest BCUT2D eigenvalue weighted by Crippen LogP contribution is -2.42. The lowest BCUT2D eigenvalue weighted by molar-refractivity contribution is 0.445. The summed E-state index contributed by atoms with van der Waals surface area (Å²) >= 11 is 5.38. The van der Waals surface area contributed by atoms with Gasteiger partial charge in [0.1, 0.15) is 11.5 Å². The van der Waals surface area contributed by atoms with Gasteiger partial charge in [-0.15, -0.1) is 0 Å². The van der Waals surface area contributed by atoms with E-state index in [2.05, 4.69) is 30.8 Å². The number of phenolic OH excluding ortho intramolecular Hbond substituents is 2. The highest BCUT2D eigenvalue weighted by molar-refractivity contribution is 7.80. The van der Waals surface area contributed by atoms with Crippen molar-refractivity contribution in [3.63, 3.8) is 0 Å². The maximum atomic E-state index is 10.4. The summed E-state index contributed by atoms with van der Waals surface area (Å²) in [5.41, 5.74) is 5.98. The van der Waals surface area contributed by atoms with Gasteiger partial charge in [-0.05, 0) is 68.4 Å². The predicted octanol–water partition coefficient (Wildman–Crippen LogP) is 3.73. The first-order valence-corrected chi connectivity index (χ1v) is 9.68. The maximum Gasteiger partial charge on any atom is 0.192 e. The number of nitrogens with one attached hydrogen (secondary N) is 1. The molecule has 2 rings (SSSR count). The standard InChI is InChI=1S/C21H28N4O2S/c1-5-15-12-18(20(27)13-19(15)26)14(4)25(21(28)23-22)17-10-8-16(9-11-17)24(6-2)7-3/h8-13,26-27H,4-7,22H2,1-3H3,(H,23,28). The Hall–Kier alpha value is -2.77. The smallest absolute Gasteiger partial charge is 0.192 e. The van der Waals surface area contributed by atoms with Gasteiger partial charge >= 0.3 is 0 Å². The van der Waals surface area contributed by atoms with Crippen LogP contribution in [0.4, 0.5) is 11.4 Å². The van der Waals surface area contributed by atoms with Crippen LogP contribution in [0.5, 0.6) is 11.5 Å². The molecule has 0 aliphatic rings. The third kappa shape index (κ3) is 4.37. The minimum atomic E-state index is -0.0794. The van der Waals surface area contributed by atoms with Gasteiger partial charge in [0, 0.05) is 36.1 Å². The molecule has 150 valence electrons. The van der Waals surface area contributed by atoms with Gasteiger partial charge in [-0.25, -0.2) is 5.84 Å². The highest BCUT2D eigenvalue weighted by Gasteiger charge is 2.20. The van der Waals surface area contributed by atoms with E-state index in [1.54, 1.807) is 11.0 Å². The Morgan fingerprint density at radius 3 is 2.11 bits per heavy atom. The van der Waals surface area contributed by atoms with Gasteiger partial charge in [0.15, 0.2) is 5.11 Å². The van der Waals surface area contributed by atoms with Crippen LogP contribution in [0.1, 0.15) is 31.9 Å². The number of nitrogens with zero attached hydrogens (tertiary/aromatic N) is 2. The van der Waals surface area contributed by atoms with Crippen molar-refractivity contribution in [3.8, 4) is 11.5 Å². The lowest BCUT2D eigenvalue weighted by atomic mass is 10.0. The molecular weight excluding hydrogens is 372 g/mol. The lowest BCUT2D eigenvalue weighted by Gasteiger charge is -2.28. The van der Waals surface area contributed by atoms with E-state index < -0.39 is 0 Å². The summed E-state index contributed by atoms with van der Waals surface area (Å²) in [5.74, 6) is 5.55. The van der Waals surface area contributed by atoms with Gasteiger partial charge in [0.05, 0.1) is 5.70 Å². The highest BCUT2D eigenvalue weighted by atomic mass is 32.1. The number of benzene rings is 2. The fourth-order valence-electron chi connectivity index (χ4n) is 3.12. The molecule has 2 aromatic carbocycles. The van der Waals surface area contributed by atoms with E-state index in [0.717, 1.165) is 24.5 Å². The predicted molar refractivity (Wildman–Crippen MR) is 121 cm³/mol. The molecule has 0 atom stereocenters. The van der Waals surface area contributed by atoms with E-state index >= 15 is 0 Å². The molecule has 0 radical (unpaired) electrons. The number of hydrogen-bond acceptors (Lipinski definition) is 5. The number of thiocarbonyl (C=S) groups is 1. The summed E-state index contributed by atoms with van der Waals surface area (Å²) < 4.78 is 0. The Bertz CT molecular complexity index is 848. The zero-order valence-electron chi connectivity index (χ0n) is 16.6. The Balaban J connectivity index is 2.47. The number of hydrazine groups is 1. The van der Waals surface area contributed by atoms with Crippen LogP contribution in [-0.4, -0.2) is 28.4 Å². The molecule has 0 saturated carbocycles. The normalized spacial score (nSPS) is 10.4. The van der Waals surface area contributed by atoms with Crippen molar-refractivity contribution in [2.24, 2.45) is 5.84 Å². The van der Waals surface area contributed by atoms with Crippen LogP contribution in [0.25, 0.3) is 5.70 Å². The van der Waals surface area contributed by atoms with E-state index in [1.807, 2.05) is 31.2 Å². The molecule has 0 fully saturated rings. The Labute approximate surface area is 171 Å². The van der Waals surface area contributed by atoms with Crippen molar-refractivity contribution >= 4 is 34.4 Å². The molecule has 0 spiro atoms. The molecule has 0 bridgehead atoms. The van der Waals surface area contributed by atoms with E-state index in [9.17, 15) is 10.2 Å². The van der Waals surface area contributed by atoms with Gasteiger partial charge in [-0.2, -0.15) is 0 Å². The number of rotatable bonds is 7. The van der Waals surface area contributed by atoms with Crippen LogP contribution < -0.4 is 21.1 Å². The van der Waals surface area contributed by atoms with Crippen molar-refractivity contribution in [1.82, 2.24) is 5.43 Å². The van der Waals surface area contributed by atoms with Crippen molar-refractivity contribution in [2.45, 2.75) is 27.2 Å². The maximum absolute atomic E-state index is 10.4. The van der Waals surface area contributed by atoms with Gasteiger partial charge in [0.2, 0.25) is 0 Å². The molecule has 0 heterocycles. The van der Waals surface area contributed by atoms with E-state index in [1.165, 1.54) is 6.07 Å². The summed E-state index contributed by atoms with van der Waals surface area (Å²) in [5, 5.41) is 20.6. The molecule has 0 aromatic heterocycles. The van der Waals surface area contributed by atoms with Crippen LogP contribution in [0, 0.1) is 0 Å². The summed E-state index contributed by atoms with van der Waals surface area (Å²) in [6.07, 6.45) is 0.616. The van der Waals surface area contributed by atoms with Crippen LogP contribution >= 0.6 is 12.2 Å². The monoisotopic (exact) mass is 400 g/mol. The molecule has 0 saturated heterocycles. The largest absolute Gasteiger partial charge is 0.508 e.